The molecule has 1 aliphatic heterocycles. The van der Waals surface area contributed by atoms with Crippen molar-refractivity contribution in [2.75, 3.05) is 13.1 Å². The summed E-state index contributed by atoms with van der Waals surface area (Å²) in [6.07, 6.45) is -0.623. The van der Waals surface area contributed by atoms with Gasteiger partial charge in [0, 0.05) is 13.1 Å². The molecule has 2 rings (SSSR count). The zero-order valence-electron chi connectivity index (χ0n) is 10.6. The summed E-state index contributed by atoms with van der Waals surface area (Å²) in [6.45, 7) is 3.60. The summed E-state index contributed by atoms with van der Waals surface area (Å²) >= 11 is 0. The molecule has 1 saturated heterocycles. The third-order valence-corrected chi connectivity index (χ3v) is 4.79. The third kappa shape index (κ3) is 2.77. The molecule has 0 saturated carbocycles. The first-order valence-electron chi connectivity index (χ1n) is 5.92. The number of rotatable bonds is 2. The Labute approximate surface area is 111 Å². The van der Waals surface area contributed by atoms with Gasteiger partial charge < -0.3 is 4.74 Å². The van der Waals surface area contributed by atoms with Gasteiger partial charge in [0.2, 0.25) is 10.0 Å². The lowest BCUT2D eigenvalue weighted by molar-refractivity contribution is -0.0441. The third-order valence-electron chi connectivity index (χ3n) is 2.90. The zero-order valence-corrected chi connectivity index (χ0v) is 11.5. The van der Waals surface area contributed by atoms with Crippen molar-refractivity contribution >= 4 is 10.0 Å². The summed E-state index contributed by atoms with van der Waals surface area (Å²) < 4.78 is 58.3. The van der Waals surface area contributed by atoms with Gasteiger partial charge in [0.1, 0.15) is 11.6 Å². The number of benzene rings is 1. The molecule has 1 heterocycles. The second-order valence-corrected chi connectivity index (χ2v) is 6.50. The maximum absolute atomic E-state index is 13.6. The van der Waals surface area contributed by atoms with E-state index in [-0.39, 0.29) is 25.3 Å². The lowest BCUT2D eigenvalue weighted by Crippen LogP contribution is -2.48. The molecular weight excluding hydrogens is 276 g/mol. The maximum atomic E-state index is 13.6. The predicted molar refractivity (Wildman–Crippen MR) is 65.1 cm³/mol. The van der Waals surface area contributed by atoms with E-state index in [1.807, 2.05) is 0 Å². The first-order chi connectivity index (χ1) is 8.82. The van der Waals surface area contributed by atoms with E-state index in [4.69, 9.17) is 4.74 Å². The minimum Gasteiger partial charge on any atom is -0.373 e. The fourth-order valence-corrected chi connectivity index (χ4v) is 3.88. The Kier molecular flexibility index (Phi) is 3.89. The van der Waals surface area contributed by atoms with E-state index in [0.717, 1.165) is 22.5 Å². The molecule has 0 aliphatic carbocycles. The smallest absolute Gasteiger partial charge is 0.249 e. The second-order valence-electron chi connectivity index (χ2n) is 4.63. The average Bonchev–Trinajstić information content (AvgIpc) is 2.26. The SMILES string of the molecule is C[C@@H]1CN(S(=O)(=O)c2c(F)cccc2F)C[C@@H](C)O1. The topological polar surface area (TPSA) is 46.6 Å². The minimum absolute atomic E-state index is 0.0838. The Hall–Kier alpha value is -1.05. The molecule has 0 aromatic heterocycles. The number of halogens is 2. The van der Waals surface area contributed by atoms with Crippen LogP contribution in [0.2, 0.25) is 0 Å². The van der Waals surface area contributed by atoms with Crippen LogP contribution >= 0.6 is 0 Å². The van der Waals surface area contributed by atoms with Gasteiger partial charge in [-0.3, -0.25) is 0 Å². The summed E-state index contributed by atoms with van der Waals surface area (Å²) in [5.74, 6) is -2.15. The standard InChI is InChI=1S/C12H15F2NO3S/c1-8-6-15(7-9(2)18-8)19(16,17)12-10(13)4-3-5-11(12)14/h3-5,8-9H,6-7H2,1-2H3/t8-,9-/m1/s1. The van der Waals surface area contributed by atoms with Crippen molar-refractivity contribution in [3.63, 3.8) is 0 Å². The Morgan fingerprint density at radius 1 is 1.16 bits per heavy atom. The molecule has 0 unspecified atom stereocenters. The van der Waals surface area contributed by atoms with Crippen molar-refractivity contribution in [1.29, 1.82) is 0 Å². The van der Waals surface area contributed by atoms with Crippen molar-refractivity contribution < 1.29 is 21.9 Å². The minimum atomic E-state index is -4.19. The van der Waals surface area contributed by atoms with Crippen LogP contribution in [-0.2, 0) is 14.8 Å². The molecule has 0 radical (unpaired) electrons. The van der Waals surface area contributed by atoms with Crippen LogP contribution in [0.25, 0.3) is 0 Å². The first kappa shape index (κ1) is 14.4. The van der Waals surface area contributed by atoms with E-state index in [9.17, 15) is 17.2 Å². The van der Waals surface area contributed by atoms with Crippen LogP contribution < -0.4 is 0 Å². The normalized spacial score (nSPS) is 25.5. The summed E-state index contributed by atoms with van der Waals surface area (Å²) in [7, 11) is -4.19. The van der Waals surface area contributed by atoms with Gasteiger partial charge in [-0.05, 0) is 26.0 Å². The summed E-state index contributed by atoms with van der Waals surface area (Å²) in [4.78, 5) is -0.892. The molecule has 0 bridgehead atoms. The second kappa shape index (κ2) is 5.15. The van der Waals surface area contributed by atoms with E-state index in [0.29, 0.717) is 0 Å². The van der Waals surface area contributed by atoms with Gasteiger partial charge in [-0.2, -0.15) is 4.31 Å². The van der Waals surface area contributed by atoms with Crippen LogP contribution in [0.1, 0.15) is 13.8 Å². The highest BCUT2D eigenvalue weighted by Crippen LogP contribution is 2.25. The number of ether oxygens (including phenoxy) is 1. The number of hydrogen-bond donors (Lipinski definition) is 0. The van der Waals surface area contributed by atoms with E-state index in [1.54, 1.807) is 13.8 Å². The van der Waals surface area contributed by atoms with Gasteiger partial charge in [-0.25, -0.2) is 17.2 Å². The largest absolute Gasteiger partial charge is 0.373 e. The lowest BCUT2D eigenvalue weighted by Gasteiger charge is -2.34. The molecule has 4 nitrogen and oxygen atoms in total. The molecule has 0 spiro atoms. The number of morpholine rings is 1. The van der Waals surface area contributed by atoms with E-state index in [1.165, 1.54) is 0 Å². The Morgan fingerprint density at radius 3 is 2.11 bits per heavy atom. The summed E-state index contributed by atoms with van der Waals surface area (Å²) in [5.41, 5.74) is 0. The van der Waals surface area contributed by atoms with Crippen LogP contribution in [0, 0.1) is 11.6 Å². The fraction of sp³-hybridized carbons (Fsp3) is 0.500. The first-order valence-corrected chi connectivity index (χ1v) is 7.36. The summed E-state index contributed by atoms with van der Waals surface area (Å²) in [5, 5.41) is 0. The van der Waals surface area contributed by atoms with Crippen LogP contribution in [-0.4, -0.2) is 38.0 Å². The molecule has 106 valence electrons. The molecule has 1 aromatic carbocycles. The highest BCUT2D eigenvalue weighted by molar-refractivity contribution is 7.89. The molecule has 1 aromatic rings. The Bertz CT molecular complexity index is 546. The van der Waals surface area contributed by atoms with Crippen molar-refractivity contribution in [2.24, 2.45) is 0 Å². The zero-order chi connectivity index (χ0) is 14.2. The van der Waals surface area contributed by atoms with Crippen molar-refractivity contribution in [1.82, 2.24) is 4.31 Å². The highest BCUT2D eigenvalue weighted by atomic mass is 32.2. The van der Waals surface area contributed by atoms with E-state index >= 15 is 0 Å². The molecule has 0 amide bonds. The average molecular weight is 291 g/mol. The van der Waals surface area contributed by atoms with Gasteiger partial charge >= 0.3 is 0 Å². The molecule has 1 fully saturated rings. The van der Waals surface area contributed by atoms with Gasteiger partial charge in [0.05, 0.1) is 12.2 Å². The number of hydrogen-bond acceptors (Lipinski definition) is 3. The number of nitrogens with zero attached hydrogens (tertiary/aromatic N) is 1. The van der Waals surface area contributed by atoms with Gasteiger partial charge in [0.25, 0.3) is 0 Å². The van der Waals surface area contributed by atoms with Crippen LogP contribution in [0.5, 0.6) is 0 Å². The van der Waals surface area contributed by atoms with Gasteiger partial charge in [-0.1, -0.05) is 6.07 Å². The highest BCUT2D eigenvalue weighted by Gasteiger charge is 2.35. The van der Waals surface area contributed by atoms with E-state index < -0.39 is 26.6 Å². The monoisotopic (exact) mass is 291 g/mol. The molecule has 0 N–H and O–H groups in total. The maximum Gasteiger partial charge on any atom is 0.249 e. The molecule has 19 heavy (non-hydrogen) atoms. The van der Waals surface area contributed by atoms with Crippen molar-refractivity contribution in [2.45, 2.75) is 31.0 Å². The van der Waals surface area contributed by atoms with Crippen molar-refractivity contribution in [3.05, 3.63) is 29.8 Å². The molecule has 7 heteroatoms. The van der Waals surface area contributed by atoms with E-state index in [2.05, 4.69) is 0 Å². The quantitative estimate of drug-likeness (QED) is 0.834. The summed E-state index contributed by atoms with van der Waals surface area (Å²) in [6, 6.07) is 3.00. The number of sulfonamides is 1. The van der Waals surface area contributed by atoms with Gasteiger partial charge in [-0.15, -0.1) is 0 Å². The van der Waals surface area contributed by atoms with Crippen LogP contribution in [0.4, 0.5) is 8.78 Å². The Morgan fingerprint density at radius 2 is 1.63 bits per heavy atom. The van der Waals surface area contributed by atoms with Crippen LogP contribution in [0.3, 0.4) is 0 Å². The molecule has 1 aliphatic rings. The Balaban J connectivity index is 2.42. The molecular formula is C12H15F2NO3S. The van der Waals surface area contributed by atoms with Gasteiger partial charge in [0.15, 0.2) is 4.90 Å². The molecule has 2 atom stereocenters. The lowest BCUT2D eigenvalue weighted by atomic mass is 10.3. The fourth-order valence-electron chi connectivity index (χ4n) is 2.19. The van der Waals surface area contributed by atoms with Crippen LogP contribution in [0.15, 0.2) is 23.1 Å². The predicted octanol–water partition coefficient (Wildman–Crippen LogP) is 1.76. The van der Waals surface area contributed by atoms with Crippen molar-refractivity contribution in [3.8, 4) is 0 Å².